The highest BCUT2D eigenvalue weighted by molar-refractivity contribution is 7.89. The zero-order chi connectivity index (χ0) is 30.4. The number of ether oxygens (including phenoxy) is 2. The van der Waals surface area contributed by atoms with E-state index in [-0.39, 0.29) is 10.8 Å². The van der Waals surface area contributed by atoms with Crippen molar-refractivity contribution in [2.75, 3.05) is 55.5 Å². The summed E-state index contributed by atoms with van der Waals surface area (Å²) >= 11 is 0. The summed E-state index contributed by atoms with van der Waals surface area (Å²) in [5, 5.41) is 2.85. The van der Waals surface area contributed by atoms with E-state index in [0.29, 0.717) is 48.9 Å². The number of carbonyl (C=O) groups is 1. The van der Waals surface area contributed by atoms with E-state index in [0.717, 1.165) is 17.0 Å². The quantitative estimate of drug-likeness (QED) is 0.254. The van der Waals surface area contributed by atoms with Crippen molar-refractivity contribution in [3.05, 3.63) is 108 Å². The van der Waals surface area contributed by atoms with Crippen LogP contribution in [0.4, 0.5) is 17.1 Å². The Labute approximate surface area is 253 Å². The van der Waals surface area contributed by atoms with Gasteiger partial charge in [0.25, 0.3) is 5.91 Å². The highest BCUT2D eigenvalue weighted by atomic mass is 32.2. The molecule has 5 rings (SSSR count). The molecule has 1 unspecified atom stereocenters. The fourth-order valence-corrected chi connectivity index (χ4v) is 6.62. The number of nitrogens with zero attached hydrogens (tertiary/aromatic N) is 2. The van der Waals surface area contributed by atoms with Gasteiger partial charge in [0.1, 0.15) is 16.4 Å². The maximum absolute atomic E-state index is 13.9. The summed E-state index contributed by atoms with van der Waals surface area (Å²) in [6.07, 6.45) is 0. The molecule has 1 atom stereocenters. The minimum Gasteiger partial charge on any atom is -0.497 e. The van der Waals surface area contributed by atoms with Gasteiger partial charge in [-0.15, -0.1) is 0 Å². The molecule has 0 spiro atoms. The monoisotopic (exact) mass is 600 g/mol. The lowest BCUT2D eigenvalue weighted by atomic mass is 10.1. The van der Waals surface area contributed by atoms with E-state index in [1.807, 2.05) is 61.5 Å². The van der Waals surface area contributed by atoms with Crippen molar-refractivity contribution >= 4 is 33.0 Å². The SMILES string of the molecule is COc1ccc(N2CCN(c3ccc(NC(=O)c4cccc(OC)c4)cc3S(=O)(=O)NC(C)c3ccccc3)CC2)cc1. The largest absolute Gasteiger partial charge is 0.497 e. The summed E-state index contributed by atoms with van der Waals surface area (Å²) in [4.78, 5) is 17.5. The number of rotatable bonds is 10. The van der Waals surface area contributed by atoms with Crippen molar-refractivity contribution < 1.29 is 22.7 Å². The third-order valence-electron chi connectivity index (χ3n) is 7.53. The van der Waals surface area contributed by atoms with Crippen molar-refractivity contribution in [2.24, 2.45) is 0 Å². The van der Waals surface area contributed by atoms with Crippen LogP contribution in [-0.2, 0) is 10.0 Å². The second-order valence-corrected chi connectivity index (χ2v) is 12.0. The Morgan fingerprint density at radius 1 is 0.767 bits per heavy atom. The Morgan fingerprint density at radius 2 is 1.44 bits per heavy atom. The maximum atomic E-state index is 13.9. The van der Waals surface area contributed by atoms with Crippen molar-refractivity contribution in [1.29, 1.82) is 0 Å². The van der Waals surface area contributed by atoms with Gasteiger partial charge in [-0.2, -0.15) is 0 Å². The normalized spacial score (nSPS) is 14.2. The minimum absolute atomic E-state index is 0.108. The average Bonchev–Trinajstić information content (AvgIpc) is 3.05. The molecule has 1 amide bonds. The standard InChI is InChI=1S/C33H36N4O5S/c1-24(25-8-5-4-6-9-25)35-43(39,40)32-23-27(34-33(38)26-10-7-11-30(22-26)42-3)12-17-31(32)37-20-18-36(19-21-37)28-13-15-29(41-2)16-14-28/h4-17,22-24,35H,18-21H2,1-3H3,(H,34,38). The number of hydrogen-bond acceptors (Lipinski definition) is 7. The summed E-state index contributed by atoms with van der Waals surface area (Å²) in [6.45, 7) is 4.49. The molecule has 43 heavy (non-hydrogen) atoms. The van der Waals surface area contributed by atoms with Gasteiger partial charge in [0.2, 0.25) is 10.0 Å². The second-order valence-electron chi connectivity index (χ2n) is 10.3. The van der Waals surface area contributed by atoms with Crippen LogP contribution in [-0.4, -0.2) is 54.7 Å². The van der Waals surface area contributed by atoms with E-state index in [9.17, 15) is 13.2 Å². The molecule has 1 fully saturated rings. The van der Waals surface area contributed by atoms with Gasteiger partial charge in [-0.1, -0.05) is 36.4 Å². The van der Waals surface area contributed by atoms with Crippen LogP contribution in [0.25, 0.3) is 0 Å². The molecule has 224 valence electrons. The smallest absolute Gasteiger partial charge is 0.255 e. The highest BCUT2D eigenvalue weighted by Gasteiger charge is 2.27. The molecule has 0 aliphatic carbocycles. The molecule has 0 saturated carbocycles. The molecule has 10 heteroatoms. The van der Waals surface area contributed by atoms with Crippen molar-refractivity contribution in [3.8, 4) is 11.5 Å². The molecule has 0 aromatic heterocycles. The number of piperazine rings is 1. The lowest BCUT2D eigenvalue weighted by Gasteiger charge is -2.38. The van der Waals surface area contributed by atoms with Crippen molar-refractivity contribution in [1.82, 2.24) is 4.72 Å². The number of benzene rings is 4. The van der Waals surface area contributed by atoms with E-state index in [1.54, 1.807) is 43.5 Å². The summed E-state index contributed by atoms with van der Waals surface area (Å²) in [5.74, 6) is 0.987. The van der Waals surface area contributed by atoms with Crippen LogP contribution < -0.4 is 29.3 Å². The molecule has 0 bridgehead atoms. The van der Waals surface area contributed by atoms with E-state index in [2.05, 4.69) is 19.8 Å². The molecule has 1 heterocycles. The van der Waals surface area contributed by atoms with Crippen LogP contribution in [0, 0.1) is 0 Å². The number of hydrogen-bond donors (Lipinski definition) is 2. The number of methoxy groups -OCH3 is 2. The number of carbonyl (C=O) groups excluding carboxylic acids is 1. The molecule has 1 aliphatic heterocycles. The molecule has 9 nitrogen and oxygen atoms in total. The Bertz CT molecular complexity index is 1650. The number of nitrogens with one attached hydrogen (secondary N) is 2. The number of sulfonamides is 1. The van der Waals surface area contributed by atoms with Gasteiger partial charge in [0.15, 0.2) is 0 Å². The summed E-state index contributed by atoms with van der Waals surface area (Å²) < 4.78 is 41.2. The number of anilines is 3. The second kappa shape index (κ2) is 13.2. The Morgan fingerprint density at radius 3 is 2.12 bits per heavy atom. The summed E-state index contributed by atoms with van der Waals surface area (Å²) in [6, 6.07) is 28.7. The summed E-state index contributed by atoms with van der Waals surface area (Å²) in [7, 11) is -0.807. The van der Waals surface area contributed by atoms with Crippen molar-refractivity contribution in [2.45, 2.75) is 17.9 Å². The maximum Gasteiger partial charge on any atom is 0.255 e. The molecular formula is C33H36N4O5S. The van der Waals surface area contributed by atoms with Crippen LogP contribution in [0.1, 0.15) is 28.9 Å². The first-order chi connectivity index (χ1) is 20.8. The minimum atomic E-state index is -3.99. The van der Waals surface area contributed by atoms with Gasteiger partial charge in [-0.05, 0) is 73.2 Å². The van der Waals surface area contributed by atoms with Crippen LogP contribution >= 0.6 is 0 Å². The molecule has 0 radical (unpaired) electrons. The number of amides is 1. The lowest BCUT2D eigenvalue weighted by Crippen LogP contribution is -2.47. The van der Waals surface area contributed by atoms with Crippen LogP contribution in [0.3, 0.4) is 0 Å². The molecular weight excluding hydrogens is 564 g/mol. The molecule has 2 N–H and O–H groups in total. The lowest BCUT2D eigenvalue weighted by molar-refractivity contribution is 0.102. The highest BCUT2D eigenvalue weighted by Crippen LogP contribution is 2.32. The van der Waals surface area contributed by atoms with Crippen LogP contribution in [0.5, 0.6) is 11.5 Å². The van der Waals surface area contributed by atoms with Crippen LogP contribution in [0.2, 0.25) is 0 Å². The van der Waals surface area contributed by atoms with E-state index in [4.69, 9.17) is 9.47 Å². The van der Waals surface area contributed by atoms with Gasteiger partial charge in [-0.25, -0.2) is 13.1 Å². The van der Waals surface area contributed by atoms with E-state index in [1.165, 1.54) is 13.2 Å². The third-order valence-corrected chi connectivity index (χ3v) is 9.10. The van der Waals surface area contributed by atoms with Gasteiger partial charge >= 0.3 is 0 Å². The van der Waals surface area contributed by atoms with E-state index >= 15 is 0 Å². The van der Waals surface area contributed by atoms with Crippen LogP contribution in [0.15, 0.2) is 102 Å². The first-order valence-corrected chi connectivity index (χ1v) is 15.6. The Balaban J connectivity index is 1.41. The molecule has 4 aromatic carbocycles. The predicted molar refractivity (Wildman–Crippen MR) is 170 cm³/mol. The fourth-order valence-electron chi connectivity index (χ4n) is 5.14. The zero-order valence-electron chi connectivity index (χ0n) is 24.5. The molecule has 4 aromatic rings. The first-order valence-electron chi connectivity index (χ1n) is 14.1. The van der Waals surface area contributed by atoms with E-state index < -0.39 is 16.1 Å². The first kappa shape index (κ1) is 29.9. The third kappa shape index (κ3) is 7.10. The Hall–Kier alpha value is -4.54. The molecule has 1 saturated heterocycles. The van der Waals surface area contributed by atoms with Crippen molar-refractivity contribution in [3.63, 3.8) is 0 Å². The van der Waals surface area contributed by atoms with Gasteiger partial charge in [-0.3, -0.25) is 4.79 Å². The molecule has 1 aliphatic rings. The predicted octanol–water partition coefficient (Wildman–Crippen LogP) is 5.32. The topological polar surface area (TPSA) is 100 Å². The average molecular weight is 601 g/mol. The Kier molecular flexibility index (Phi) is 9.18. The van der Waals surface area contributed by atoms with Gasteiger partial charge in [0, 0.05) is 49.2 Å². The van der Waals surface area contributed by atoms with Gasteiger partial charge < -0.3 is 24.6 Å². The zero-order valence-corrected chi connectivity index (χ0v) is 25.3. The van der Waals surface area contributed by atoms with Gasteiger partial charge in [0.05, 0.1) is 19.9 Å². The summed E-state index contributed by atoms with van der Waals surface area (Å²) in [5.41, 5.74) is 3.30. The fraction of sp³-hybridized carbons (Fsp3) is 0.242.